The van der Waals surface area contributed by atoms with Crippen LogP contribution < -0.4 is 0 Å². The molecule has 1 aromatic heterocycles. The molecule has 0 fully saturated rings. The van der Waals surface area contributed by atoms with Crippen LogP contribution in [0.25, 0.3) is 10.9 Å². The Bertz CT molecular complexity index is 580. The normalized spacial score (nSPS) is 14.6. The van der Waals surface area contributed by atoms with Crippen LogP contribution in [0.3, 0.4) is 0 Å². The highest BCUT2D eigenvalue weighted by Crippen LogP contribution is 2.30. The van der Waals surface area contributed by atoms with Crippen molar-refractivity contribution in [1.82, 2.24) is 4.98 Å². The maximum atomic E-state index is 11.2. The summed E-state index contributed by atoms with van der Waals surface area (Å²) in [4.78, 5) is 13.9. The Morgan fingerprint density at radius 3 is 2.61 bits per heavy atom. The maximum absolute atomic E-state index is 11.2. The van der Waals surface area contributed by atoms with Crippen molar-refractivity contribution in [1.29, 1.82) is 0 Å². The number of aromatic nitrogens is 1. The number of hydrogen-bond donors (Lipinski definition) is 5. The minimum Gasteiger partial charge on any atom is -0.477 e. The summed E-state index contributed by atoms with van der Waals surface area (Å²) >= 11 is 3.90. The Hall–Kier alpha value is -1.50. The number of thiol groups is 1. The van der Waals surface area contributed by atoms with Crippen LogP contribution in [0.4, 0.5) is 0 Å². The highest BCUT2D eigenvalue weighted by Gasteiger charge is 2.27. The molecule has 0 aliphatic carbocycles. The quantitative estimate of drug-likeness (QED) is 0.538. The molecule has 0 spiro atoms. The van der Waals surface area contributed by atoms with E-state index in [0.29, 0.717) is 10.9 Å². The van der Waals surface area contributed by atoms with E-state index in [2.05, 4.69) is 17.6 Å². The Kier molecular flexibility index (Phi) is 3.60. The molecule has 4 N–H and O–H groups in total. The molecule has 0 bridgehead atoms. The largest absolute Gasteiger partial charge is 0.477 e. The second-order valence-corrected chi connectivity index (χ2v) is 4.32. The first-order chi connectivity index (χ1) is 8.56. The fourth-order valence-corrected chi connectivity index (χ4v) is 2.13. The third kappa shape index (κ3) is 2.10. The van der Waals surface area contributed by atoms with E-state index in [1.54, 1.807) is 24.3 Å². The zero-order valence-corrected chi connectivity index (χ0v) is 10.3. The van der Waals surface area contributed by atoms with Gasteiger partial charge in [0, 0.05) is 22.2 Å². The number of aromatic carboxylic acids is 1. The van der Waals surface area contributed by atoms with Crippen LogP contribution in [0.5, 0.6) is 0 Å². The first-order valence-electron chi connectivity index (χ1n) is 5.37. The van der Waals surface area contributed by atoms with Gasteiger partial charge >= 0.3 is 5.97 Å². The SMILES string of the molecule is O=C(O)c1[nH]c2ccccc2c1C(O)C(O)CS. The Morgan fingerprint density at radius 1 is 1.33 bits per heavy atom. The molecule has 2 aromatic rings. The molecule has 0 aliphatic heterocycles. The molecule has 2 unspecified atom stereocenters. The van der Waals surface area contributed by atoms with Crippen molar-refractivity contribution < 1.29 is 20.1 Å². The summed E-state index contributed by atoms with van der Waals surface area (Å²) in [5.74, 6) is -1.13. The average molecular weight is 267 g/mol. The fourth-order valence-electron chi connectivity index (χ4n) is 1.93. The second kappa shape index (κ2) is 5.01. The van der Waals surface area contributed by atoms with E-state index in [4.69, 9.17) is 5.11 Å². The zero-order valence-electron chi connectivity index (χ0n) is 9.37. The minimum atomic E-state index is -1.29. The van der Waals surface area contributed by atoms with Gasteiger partial charge in [0.05, 0.1) is 6.10 Å². The van der Waals surface area contributed by atoms with Gasteiger partial charge in [-0.05, 0) is 6.07 Å². The third-order valence-electron chi connectivity index (χ3n) is 2.81. The van der Waals surface area contributed by atoms with Gasteiger partial charge in [-0.3, -0.25) is 0 Å². The summed E-state index contributed by atoms with van der Waals surface area (Å²) in [6, 6.07) is 6.91. The lowest BCUT2D eigenvalue weighted by Gasteiger charge is -2.16. The lowest BCUT2D eigenvalue weighted by molar-refractivity contribution is 0.0331. The van der Waals surface area contributed by atoms with Gasteiger partial charge in [0.1, 0.15) is 11.8 Å². The van der Waals surface area contributed by atoms with Gasteiger partial charge in [0.15, 0.2) is 0 Å². The number of aliphatic hydroxyl groups excluding tert-OH is 2. The molecule has 6 heteroatoms. The first-order valence-corrected chi connectivity index (χ1v) is 6.00. The molecule has 1 aromatic carbocycles. The number of rotatable bonds is 4. The van der Waals surface area contributed by atoms with E-state index < -0.39 is 18.2 Å². The molecule has 18 heavy (non-hydrogen) atoms. The summed E-state index contributed by atoms with van der Waals surface area (Å²) in [5.41, 5.74) is 0.694. The first kappa shape index (κ1) is 12.9. The van der Waals surface area contributed by atoms with Crippen molar-refractivity contribution in [3.8, 4) is 0 Å². The fraction of sp³-hybridized carbons (Fsp3) is 0.250. The average Bonchev–Trinajstić information content (AvgIpc) is 2.76. The van der Waals surface area contributed by atoms with Crippen molar-refractivity contribution in [2.75, 3.05) is 5.75 Å². The number of hydrogen-bond acceptors (Lipinski definition) is 4. The second-order valence-electron chi connectivity index (χ2n) is 3.96. The molecular weight excluding hydrogens is 254 g/mol. The Morgan fingerprint density at radius 2 is 2.00 bits per heavy atom. The van der Waals surface area contributed by atoms with Crippen molar-refractivity contribution >= 4 is 29.5 Å². The summed E-state index contributed by atoms with van der Waals surface area (Å²) in [6.07, 6.45) is -2.41. The van der Waals surface area contributed by atoms with Crippen LogP contribution >= 0.6 is 12.6 Å². The predicted octanol–water partition coefficient (Wildman–Crippen LogP) is 1.19. The van der Waals surface area contributed by atoms with Gasteiger partial charge in [-0.25, -0.2) is 4.79 Å². The minimum absolute atomic E-state index is 0.0414. The Labute approximate surface area is 108 Å². The lowest BCUT2D eigenvalue weighted by atomic mass is 10.0. The molecule has 0 saturated carbocycles. The van der Waals surface area contributed by atoms with E-state index >= 15 is 0 Å². The van der Waals surface area contributed by atoms with E-state index in [-0.39, 0.29) is 17.0 Å². The Balaban J connectivity index is 2.65. The predicted molar refractivity (Wildman–Crippen MR) is 70.1 cm³/mol. The summed E-state index contributed by atoms with van der Waals surface area (Å²) in [6.45, 7) is 0. The van der Waals surface area contributed by atoms with Crippen LogP contribution in [-0.4, -0.2) is 38.1 Å². The molecule has 96 valence electrons. The standard InChI is InChI=1S/C12H13NO4S/c14-8(5-18)11(15)9-6-3-1-2-4-7(6)13-10(9)12(16)17/h1-4,8,11,13-15,18H,5H2,(H,16,17). The molecule has 0 aliphatic rings. The number of H-pyrrole nitrogens is 1. The van der Waals surface area contributed by atoms with Crippen molar-refractivity contribution in [3.63, 3.8) is 0 Å². The highest BCUT2D eigenvalue weighted by molar-refractivity contribution is 7.80. The number of nitrogens with one attached hydrogen (secondary N) is 1. The molecule has 2 atom stereocenters. The molecule has 0 amide bonds. The van der Waals surface area contributed by atoms with E-state index in [0.717, 1.165) is 0 Å². The summed E-state index contributed by atoms with van der Waals surface area (Å²) in [5, 5.41) is 29.4. The molecular formula is C12H13NO4S. The summed E-state index contributed by atoms with van der Waals surface area (Å²) in [7, 11) is 0. The number of carboxylic acid groups (broad SMARTS) is 1. The van der Waals surface area contributed by atoms with Gasteiger partial charge < -0.3 is 20.3 Å². The topological polar surface area (TPSA) is 93.5 Å². The van der Waals surface area contributed by atoms with Crippen molar-refractivity contribution in [3.05, 3.63) is 35.5 Å². The lowest BCUT2D eigenvalue weighted by Crippen LogP contribution is -2.21. The monoisotopic (exact) mass is 267 g/mol. The third-order valence-corrected chi connectivity index (χ3v) is 3.18. The molecule has 0 saturated heterocycles. The van der Waals surface area contributed by atoms with E-state index in [1.807, 2.05) is 0 Å². The summed E-state index contributed by atoms with van der Waals surface area (Å²) < 4.78 is 0. The number of carbonyl (C=O) groups is 1. The van der Waals surface area contributed by atoms with Crippen LogP contribution in [0.1, 0.15) is 22.2 Å². The van der Waals surface area contributed by atoms with Gasteiger partial charge in [0.2, 0.25) is 0 Å². The molecule has 5 nitrogen and oxygen atoms in total. The van der Waals surface area contributed by atoms with Gasteiger partial charge in [-0.2, -0.15) is 12.6 Å². The number of benzene rings is 1. The highest BCUT2D eigenvalue weighted by atomic mass is 32.1. The van der Waals surface area contributed by atoms with E-state index in [1.165, 1.54) is 0 Å². The molecule has 2 rings (SSSR count). The number of carboxylic acids is 1. The number of para-hydroxylation sites is 1. The van der Waals surface area contributed by atoms with Crippen LogP contribution in [0.15, 0.2) is 24.3 Å². The number of fused-ring (bicyclic) bond motifs is 1. The van der Waals surface area contributed by atoms with Gasteiger partial charge in [0.25, 0.3) is 0 Å². The molecule has 1 heterocycles. The zero-order chi connectivity index (χ0) is 13.3. The van der Waals surface area contributed by atoms with Crippen LogP contribution in [-0.2, 0) is 0 Å². The van der Waals surface area contributed by atoms with Gasteiger partial charge in [-0.15, -0.1) is 0 Å². The van der Waals surface area contributed by atoms with E-state index in [9.17, 15) is 15.0 Å². The maximum Gasteiger partial charge on any atom is 0.352 e. The van der Waals surface area contributed by atoms with Gasteiger partial charge in [-0.1, -0.05) is 18.2 Å². The smallest absolute Gasteiger partial charge is 0.352 e. The number of aliphatic hydroxyl groups is 2. The van der Waals surface area contributed by atoms with Crippen molar-refractivity contribution in [2.24, 2.45) is 0 Å². The number of aromatic amines is 1. The van der Waals surface area contributed by atoms with Crippen LogP contribution in [0.2, 0.25) is 0 Å². The van der Waals surface area contributed by atoms with Crippen molar-refractivity contribution in [2.45, 2.75) is 12.2 Å². The molecule has 0 radical (unpaired) electrons. The van der Waals surface area contributed by atoms with Crippen LogP contribution in [0, 0.1) is 0 Å².